The molecule has 0 radical (unpaired) electrons. The third kappa shape index (κ3) is 5.59. The lowest BCUT2D eigenvalue weighted by Gasteiger charge is -2.16. The fourth-order valence-electron chi connectivity index (χ4n) is 2.00. The highest BCUT2D eigenvalue weighted by Crippen LogP contribution is 2.07. The molecule has 0 fully saturated rings. The minimum atomic E-state index is -0.593. The average Bonchev–Trinajstić information content (AvgIpc) is 2.60. The van der Waals surface area contributed by atoms with Crippen LogP contribution in [0.3, 0.4) is 0 Å². The summed E-state index contributed by atoms with van der Waals surface area (Å²) in [4.78, 5) is 23.8. The molecular formula is C18H19ClN2O3. The van der Waals surface area contributed by atoms with Crippen molar-refractivity contribution in [2.24, 2.45) is 0 Å². The third-order valence-electron chi connectivity index (χ3n) is 3.27. The Bertz CT molecular complexity index is 674. The van der Waals surface area contributed by atoms with Gasteiger partial charge in [0.15, 0.2) is 0 Å². The molecule has 0 aliphatic rings. The maximum atomic E-state index is 12.1. The predicted octanol–water partition coefficient (Wildman–Crippen LogP) is 3.43. The number of hydrogen-bond acceptors (Lipinski definition) is 3. The fourth-order valence-corrected chi connectivity index (χ4v) is 2.18. The molecule has 0 aliphatic heterocycles. The van der Waals surface area contributed by atoms with Gasteiger partial charge in [-0.2, -0.15) is 0 Å². The van der Waals surface area contributed by atoms with Crippen LogP contribution in [0.25, 0.3) is 0 Å². The van der Waals surface area contributed by atoms with Crippen LogP contribution in [0.15, 0.2) is 54.6 Å². The Kier molecular flexibility index (Phi) is 6.63. The summed E-state index contributed by atoms with van der Waals surface area (Å²) >= 11 is 5.71. The molecule has 6 heteroatoms. The standard InChI is InChI=1S/C18H19ClN2O3/c1-13(20-17(22)16-9-7-14(11-19)8-10-16)21-18(23)24-12-15-5-3-2-4-6-15/h2-10,13H,11-12H2,1H3,(H,20,22)(H,21,23). The summed E-state index contributed by atoms with van der Waals surface area (Å²) in [6.45, 7) is 1.84. The van der Waals surface area contributed by atoms with Gasteiger partial charge in [-0.05, 0) is 30.2 Å². The van der Waals surface area contributed by atoms with E-state index < -0.39 is 12.3 Å². The van der Waals surface area contributed by atoms with Gasteiger partial charge >= 0.3 is 6.09 Å². The molecule has 0 bridgehead atoms. The van der Waals surface area contributed by atoms with Crippen LogP contribution in [0.1, 0.15) is 28.4 Å². The fraction of sp³-hybridized carbons (Fsp3) is 0.222. The number of amides is 2. The first kappa shape index (κ1) is 17.8. The smallest absolute Gasteiger partial charge is 0.409 e. The lowest BCUT2D eigenvalue weighted by atomic mass is 10.1. The van der Waals surface area contributed by atoms with E-state index in [4.69, 9.17) is 16.3 Å². The summed E-state index contributed by atoms with van der Waals surface area (Å²) in [5.41, 5.74) is 2.32. The van der Waals surface area contributed by atoms with E-state index in [1.807, 2.05) is 30.3 Å². The number of alkyl halides is 1. The van der Waals surface area contributed by atoms with Gasteiger partial charge < -0.3 is 15.4 Å². The molecule has 24 heavy (non-hydrogen) atoms. The molecule has 1 atom stereocenters. The summed E-state index contributed by atoms with van der Waals surface area (Å²) in [6.07, 6.45) is -1.15. The highest BCUT2D eigenvalue weighted by atomic mass is 35.5. The Morgan fingerprint density at radius 2 is 1.67 bits per heavy atom. The third-order valence-corrected chi connectivity index (χ3v) is 3.57. The van der Waals surface area contributed by atoms with E-state index in [9.17, 15) is 9.59 Å². The van der Waals surface area contributed by atoms with Crippen LogP contribution in [0, 0.1) is 0 Å². The van der Waals surface area contributed by atoms with E-state index in [1.54, 1.807) is 31.2 Å². The summed E-state index contributed by atoms with van der Waals surface area (Å²) < 4.78 is 5.10. The lowest BCUT2D eigenvalue weighted by Crippen LogP contribution is -2.46. The Labute approximate surface area is 146 Å². The van der Waals surface area contributed by atoms with E-state index in [0.717, 1.165) is 11.1 Å². The number of benzene rings is 2. The van der Waals surface area contributed by atoms with Crippen molar-refractivity contribution in [3.63, 3.8) is 0 Å². The number of halogens is 1. The molecular weight excluding hydrogens is 328 g/mol. The van der Waals surface area contributed by atoms with Gasteiger partial charge in [0.1, 0.15) is 12.8 Å². The Hall–Kier alpha value is -2.53. The SMILES string of the molecule is CC(NC(=O)OCc1ccccc1)NC(=O)c1ccc(CCl)cc1. The number of nitrogens with one attached hydrogen (secondary N) is 2. The van der Waals surface area contributed by atoms with Crippen LogP contribution in [0.5, 0.6) is 0 Å². The van der Waals surface area contributed by atoms with E-state index in [0.29, 0.717) is 11.4 Å². The van der Waals surface area contributed by atoms with Crippen molar-refractivity contribution in [3.05, 3.63) is 71.3 Å². The largest absolute Gasteiger partial charge is 0.445 e. The zero-order valence-corrected chi connectivity index (χ0v) is 14.0. The number of rotatable bonds is 6. The average molecular weight is 347 g/mol. The minimum absolute atomic E-state index is 0.174. The monoisotopic (exact) mass is 346 g/mol. The van der Waals surface area contributed by atoms with E-state index in [1.165, 1.54) is 0 Å². The molecule has 0 saturated heterocycles. The molecule has 2 amide bonds. The molecule has 2 N–H and O–H groups in total. The van der Waals surface area contributed by atoms with Crippen molar-refractivity contribution in [3.8, 4) is 0 Å². The first-order chi connectivity index (χ1) is 11.6. The number of carbonyl (C=O) groups is 2. The van der Waals surface area contributed by atoms with Crippen molar-refractivity contribution in [2.45, 2.75) is 25.6 Å². The van der Waals surface area contributed by atoms with Gasteiger partial charge in [-0.25, -0.2) is 4.79 Å². The second-order valence-electron chi connectivity index (χ2n) is 5.23. The second kappa shape index (κ2) is 8.93. The molecule has 0 heterocycles. The van der Waals surface area contributed by atoms with Crippen molar-refractivity contribution in [1.82, 2.24) is 10.6 Å². The molecule has 0 spiro atoms. The van der Waals surface area contributed by atoms with Crippen LogP contribution in [-0.4, -0.2) is 18.2 Å². The summed E-state index contributed by atoms with van der Waals surface area (Å²) in [5, 5.41) is 5.24. The van der Waals surface area contributed by atoms with Crippen LogP contribution >= 0.6 is 11.6 Å². The zero-order chi connectivity index (χ0) is 17.4. The maximum Gasteiger partial charge on any atom is 0.409 e. The minimum Gasteiger partial charge on any atom is -0.445 e. The van der Waals surface area contributed by atoms with Gasteiger partial charge in [0.05, 0.1) is 0 Å². The molecule has 2 aromatic carbocycles. The summed E-state index contributed by atoms with van der Waals surface area (Å²) in [6, 6.07) is 16.3. The summed E-state index contributed by atoms with van der Waals surface area (Å²) in [5.74, 6) is 0.111. The topological polar surface area (TPSA) is 67.4 Å². The van der Waals surface area contributed by atoms with E-state index >= 15 is 0 Å². The maximum absolute atomic E-state index is 12.1. The van der Waals surface area contributed by atoms with E-state index in [2.05, 4.69) is 10.6 Å². The number of carbonyl (C=O) groups excluding carboxylic acids is 2. The molecule has 0 aromatic heterocycles. The van der Waals surface area contributed by atoms with Crippen molar-refractivity contribution in [1.29, 1.82) is 0 Å². The highest BCUT2D eigenvalue weighted by molar-refractivity contribution is 6.17. The van der Waals surface area contributed by atoms with Crippen LogP contribution in [0.2, 0.25) is 0 Å². The number of alkyl carbamates (subject to hydrolysis) is 1. The zero-order valence-electron chi connectivity index (χ0n) is 13.3. The Balaban J connectivity index is 1.77. The molecule has 0 saturated carbocycles. The molecule has 0 aliphatic carbocycles. The first-order valence-electron chi connectivity index (χ1n) is 7.51. The molecule has 2 aromatic rings. The van der Waals surface area contributed by atoms with Crippen LogP contribution in [0.4, 0.5) is 4.79 Å². The van der Waals surface area contributed by atoms with Gasteiger partial charge in [-0.3, -0.25) is 4.79 Å². The van der Waals surface area contributed by atoms with Gasteiger partial charge in [0.2, 0.25) is 0 Å². The Morgan fingerprint density at radius 3 is 2.29 bits per heavy atom. The second-order valence-corrected chi connectivity index (χ2v) is 5.50. The normalized spacial score (nSPS) is 11.4. The lowest BCUT2D eigenvalue weighted by molar-refractivity contribution is 0.0926. The quantitative estimate of drug-likeness (QED) is 0.622. The predicted molar refractivity (Wildman–Crippen MR) is 92.7 cm³/mol. The molecule has 1 unspecified atom stereocenters. The van der Waals surface area contributed by atoms with Crippen molar-refractivity contribution >= 4 is 23.6 Å². The molecule has 5 nitrogen and oxygen atoms in total. The van der Waals surface area contributed by atoms with Gasteiger partial charge in [0.25, 0.3) is 5.91 Å². The molecule has 126 valence electrons. The van der Waals surface area contributed by atoms with Gasteiger partial charge in [-0.1, -0.05) is 42.5 Å². The number of ether oxygens (including phenoxy) is 1. The van der Waals surface area contributed by atoms with Gasteiger partial charge in [-0.15, -0.1) is 11.6 Å². The van der Waals surface area contributed by atoms with Crippen LogP contribution in [-0.2, 0) is 17.2 Å². The van der Waals surface area contributed by atoms with Crippen LogP contribution < -0.4 is 10.6 Å². The number of hydrogen-bond donors (Lipinski definition) is 2. The Morgan fingerprint density at radius 1 is 1.00 bits per heavy atom. The van der Waals surface area contributed by atoms with E-state index in [-0.39, 0.29) is 12.5 Å². The first-order valence-corrected chi connectivity index (χ1v) is 8.05. The van der Waals surface area contributed by atoms with Gasteiger partial charge in [0, 0.05) is 11.4 Å². The summed E-state index contributed by atoms with van der Waals surface area (Å²) in [7, 11) is 0. The highest BCUT2D eigenvalue weighted by Gasteiger charge is 2.12. The van der Waals surface area contributed by atoms with Crippen molar-refractivity contribution < 1.29 is 14.3 Å². The molecule has 2 rings (SSSR count). The van der Waals surface area contributed by atoms with Crippen molar-refractivity contribution in [2.75, 3.05) is 0 Å².